The number of esters is 1. The molecule has 1 aliphatic heterocycles. The molecule has 3 aromatic rings. The smallest absolute Gasteiger partial charge is 0.374 e. The number of methoxy groups -OCH3 is 1. The van der Waals surface area contributed by atoms with Gasteiger partial charge in [-0.25, -0.2) is 9.78 Å². The molecule has 9 heteroatoms. The standard InChI is InChI=1S/C21H22N2O7/c1-29-21(28)20-22-13-6-5-11(8-14(13)23-20)10-3-2-4-12(7-10)19-18(27)17(26)16(25)15(9-24)30-19/h2-8,15-19,24-27H,9H2,1H3,(H,22,23)/t15-,16-,17+,18+,19-/m1/s1. The Kier molecular flexibility index (Phi) is 5.54. The number of aromatic amines is 1. The van der Waals surface area contributed by atoms with E-state index in [1.54, 1.807) is 24.3 Å². The highest BCUT2D eigenvalue weighted by Gasteiger charge is 2.43. The van der Waals surface area contributed by atoms with Gasteiger partial charge < -0.3 is 34.9 Å². The summed E-state index contributed by atoms with van der Waals surface area (Å²) in [5.41, 5.74) is 3.49. The fourth-order valence-electron chi connectivity index (χ4n) is 3.65. The molecule has 4 rings (SSSR count). The number of hydrogen-bond donors (Lipinski definition) is 5. The lowest BCUT2D eigenvalue weighted by Crippen LogP contribution is -2.55. The highest BCUT2D eigenvalue weighted by atomic mass is 16.5. The summed E-state index contributed by atoms with van der Waals surface area (Å²) in [5, 5.41) is 39.8. The minimum atomic E-state index is -1.44. The normalized spacial score (nSPS) is 26.6. The zero-order valence-electron chi connectivity index (χ0n) is 16.1. The molecule has 0 unspecified atom stereocenters. The van der Waals surface area contributed by atoms with Crippen molar-refractivity contribution in [2.75, 3.05) is 13.7 Å². The Morgan fingerprint density at radius 3 is 2.60 bits per heavy atom. The lowest BCUT2D eigenvalue weighted by atomic mass is 9.90. The number of aliphatic hydroxyl groups is 4. The van der Waals surface area contributed by atoms with Gasteiger partial charge in [0, 0.05) is 0 Å². The van der Waals surface area contributed by atoms with Gasteiger partial charge >= 0.3 is 5.97 Å². The summed E-state index contributed by atoms with van der Waals surface area (Å²) in [7, 11) is 1.28. The number of aromatic nitrogens is 2. The number of benzene rings is 2. The van der Waals surface area contributed by atoms with E-state index >= 15 is 0 Å². The maximum atomic E-state index is 11.7. The number of carbonyl (C=O) groups excluding carboxylic acids is 1. The Morgan fingerprint density at radius 1 is 1.10 bits per heavy atom. The van der Waals surface area contributed by atoms with E-state index in [1.165, 1.54) is 7.11 Å². The Hall–Kier alpha value is -2.82. The van der Waals surface area contributed by atoms with Gasteiger partial charge in [0.15, 0.2) is 0 Å². The molecule has 0 bridgehead atoms. The molecule has 0 spiro atoms. The second-order valence-corrected chi connectivity index (χ2v) is 7.18. The number of ether oxygens (including phenoxy) is 2. The molecule has 1 aromatic heterocycles. The van der Waals surface area contributed by atoms with Crippen LogP contribution in [0.4, 0.5) is 0 Å². The molecule has 5 N–H and O–H groups in total. The summed E-state index contributed by atoms with van der Waals surface area (Å²) in [6.07, 6.45) is -6.09. The maximum Gasteiger partial charge on any atom is 0.374 e. The number of H-pyrrole nitrogens is 1. The second kappa shape index (κ2) is 8.13. The Balaban J connectivity index is 1.67. The van der Waals surface area contributed by atoms with Gasteiger partial charge in [0.05, 0.1) is 24.8 Å². The van der Waals surface area contributed by atoms with E-state index in [0.717, 1.165) is 11.1 Å². The van der Waals surface area contributed by atoms with Gasteiger partial charge in [0.2, 0.25) is 5.82 Å². The fourth-order valence-corrected chi connectivity index (χ4v) is 3.65. The first-order valence-electron chi connectivity index (χ1n) is 9.42. The SMILES string of the molecule is COC(=O)c1nc2ccc(-c3cccc([C@H]4O[C@H](CO)[C@@H](O)[C@H](O)[C@@H]4O)c3)cc2[nH]1. The topological polar surface area (TPSA) is 145 Å². The Morgan fingerprint density at radius 2 is 1.87 bits per heavy atom. The third-order valence-electron chi connectivity index (χ3n) is 5.30. The summed E-state index contributed by atoms with van der Waals surface area (Å²) in [5.74, 6) is -0.447. The second-order valence-electron chi connectivity index (χ2n) is 7.18. The summed E-state index contributed by atoms with van der Waals surface area (Å²) in [6.45, 7) is -0.486. The molecule has 0 radical (unpaired) electrons. The third kappa shape index (κ3) is 3.57. The van der Waals surface area contributed by atoms with Crippen LogP contribution in [-0.2, 0) is 9.47 Å². The number of hydrogen-bond acceptors (Lipinski definition) is 8. The van der Waals surface area contributed by atoms with Crippen molar-refractivity contribution in [1.82, 2.24) is 9.97 Å². The molecule has 2 heterocycles. The van der Waals surface area contributed by atoms with Crippen molar-refractivity contribution in [3.63, 3.8) is 0 Å². The van der Waals surface area contributed by atoms with Crippen molar-refractivity contribution < 1.29 is 34.7 Å². The molecule has 1 aliphatic rings. The van der Waals surface area contributed by atoms with Crippen LogP contribution in [0.1, 0.15) is 22.3 Å². The lowest BCUT2D eigenvalue weighted by Gasteiger charge is -2.40. The summed E-state index contributed by atoms with van der Waals surface area (Å²) in [4.78, 5) is 18.8. The van der Waals surface area contributed by atoms with Gasteiger partial charge in [0.25, 0.3) is 0 Å². The molecule has 0 amide bonds. The van der Waals surface area contributed by atoms with Gasteiger partial charge in [-0.3, -0.25) is 0 Å². The van der Waals surface area contributed by atoms with Crippen LogP contribution in [0.5, 0.6) is 0 Å². The molecule has 5 atom stereocenters. The summed E-state index contributed by atoms with van der Waals surface area (Å²) >= 11 is 0. The number of nitrogens with zero attached hydrogens (tertiary/aromatic N) is 1. The Bertz CT molecular complexity index is 1060. The molecule has 1 fully saturated rings. The van der Waals surface area contributed by atoms with E-state index in [4.69, 9.17) is 4.74 Å². The summed E-state index contributed by atoms with van der Waals surface area (Å²) in [6, 6.07) is 12.6. The van der Waals surface area contributed by atoms with Crippen LogP contribution in [0.3, 0.4) is 0 Å². The zero-order chi connectivity index (χ0) is 21.4. The number of fused-ring (bicyclic) bond motifs is 1. The average Bonchev–Trinajstić information content (AvgIpc) is 3.20. The van der Waals surface area contributed by atoms with Crippen molar-refractivity contribution in [1.29, 1.82) is 0 Å². The maximum absolute atomic E-state index is 11.7. The quantitative estimate of drug-likeness (QED) is 0.389. The monoisotopic (exact) mass is 414 g/mol. The van der Waals surface area contributed by atoms with E-state index in [9.17, 15) is 25.2 Å². The number of rotatable bonds is 4. The van der Waals surface area contributed by atoms with E-state index in [2.05, 4.69) is 14.7 Å². The molecule has 0 saturated carbocycles. The van der Waals surface area contributed by atoms with Crippen LogP contribution in [0.15, 0.2) is 42.5 Å². The highest BCUT2D eigenvalue weighted by molar-refractivity contribution is 5.91. The Labute approximate surface area is 171 Å². The van der Waals surface area contributed by atoms with E-state index < -0.39 is 43.1 Å². The molecule has 9 nitrogen and oxygen atoms in total. The fraction of sp³-hybridized carbons (Fsp3) is 0.333. The predicted molar refractivity (Wildman–Crippen MR) is 106 cm³/mol. The predicted octanol–water partition coefficient (Wildman–Crippen LogP) is 0.531. The molecule has 0 aliphatic carbocycles. The molecule has 30 heavy (non-hydrogen) atoms. The van der Waals surface area contributed by atoms with Gasteiger partial charge in [-0.15, -0.1) is 0 Å². The highest BCUT2D eigenvalue weighted by Crippen LogP contribution is 2.34. The molecular formula is C21H22N2O7. The first kappa shape index (κ1) is 20.5. The van der Waals surface area contributed by atoms with Crippen molar-refractivity contribution in [3.05, 3.63) is 53.9 Å². The van der Waals surface area contributed by atoms with Crippen molar-refractivity contribution in [2.45, 2.75) is 30.5 Å². The van der Waals surface area contributed by atoms with Crippen LogP contribution in [0.2, 0.25) is 0 Å². The molecule has 1 saturated heterocycles. The first-order chi connectivity index (χ1) is 14.4. The first-order valence-corrected chi connectivity index (χ1v) is 9.42. The largest absolute Gasteiger partial charge is 0.463 e. The van der Waals surface area contributed by atoms with Crippen molar-refractivity contribution >= 4 is 17.0 Å². The van der Waals surface area contributed by atoms with Crippen molar-refractivity contribution in [3.8, 4) is 11.1 Å². The lowest BCUT2D eigenvalue weighted by molar-refractivity contribution is -0.231. The van der Waals surface area contributed by atoms with E-state index in [-0.39, 0.29) is 5.82 Å². The van der Waals surface area contributed by atoms with Gasteiger partial charge in [-0.1, -0.05) is 24.3 Å². The minimum absolute atomic E-state index is 0.111. The molecule has 2 aromatic carbocycles. The number of carbonyl (C=O) groups is 1. The molecular weight excluding hydrogens is 392 g/mol. The number of aliphatic hydroxyl groups excluding tert-OH is 4. The van der Waals surface area contributed by atoms with Crippen LogP contribution in [-0.4, -0.2) is 74.5 Å². The van der Waals surface area contributed by atoms with Crippen LogP contribution >= 0.6 is 0 Å². The average molecular weight is 414 g/mol. The summed E-state index contributed by atoms with van der Waals surface area (Å²) < 4.78 is 10.3. The zero-order valence-corrected chi connectivity index (χ0v) is 16.1. The number of imidazole rings is 1. The third-order valence-corrected chi connectivity index (χ3v) is 5.30. The van der Waals surface area contributed by atoms with E-state index in [0.29, 0.717) is 16.6 Å². The van der Waals surface area contributed by atoms with E-state index in [1.807, 2.05) is 18.2 Å². The van der Waals surface area contributed by atoms with Crippen LogP contribution in [0, 0.1) is 0 Å². The van der Waals surface area contributed by atoms with Crippen LogP contribution < -0.4 is 0 Å². The van der Waals surface area contributed by atoms with Gasteiger partial charge in [-0.2, -0.15) is 0 Å². The van der Waals surface area contributed by atoms with Gasteiger partial charge in [-0.05, 0) is 34.9 Å². The van der Waals surface area contributed by atoms with Gasteiger partial charge in [0.1, 0.15) is 30.5 Å². The number of nitrogens with one attached hydrogen (secondary N) is 1. The minimum Gasteiger partial charge on any atom is -0.463 e. The van der Waals surface area contributed by atoms with Crippen molar-refractivity contribution in [2.24, 2.45) is 0 Å². The van der Waals surface area contributed by atoms with Crippen LogP contribution in [0.25, 0.3) is 22.2 Å². The molecule has 158 valence electrons.